The van der Waals surface area contributed by atoms with Crippen molar-refractivity contribution in [3.8, 4) is 11.4 Å². The number of para-hydroxylation sites is 1. The highest BCUT2D eigenvalue weighted by Crippen LogP contribution is 2.20. The monoisotopic (exact) mass is 348 g/mol. The third-order valence-corrected chi connectivity index (χ3v) is 3.48. The lowest BCUT2D eigenvalue weighted by Crippen LogP contribution is -2.26. The van der Waals surface area contributed by atoms with Crippen molar-refractivity contribution in [1.29, 1.82) is 0 Å². The van der Waals surface area contributed by atoms with Gasteiger partial charge in [-0.25, -0.2) is 4.79 Å². The number of hydrogen-bond donors (Lipinski definition) is 1. The fraction of sp³-hybridized carbons (Fsp3) is 0.188. The Balaban J connectivity index is 1.74. The number of aromatic nitrogens is 4. The molecule has 0 aliphatic heterocycles. The van der Waals surface area contributed by atoms with Crippen molar-refractivity contribution in [2.75, 3.05) is 0 Å². The number of halogens is 2. The molecule has 3 aromatic rings. The molecule has 0 saturated carbocycles. The normalized spacial score (nSPS) is 12.3. The van der Waals surface area contributed by atoms with Crippen molar-refractivity contribution in [1.82, 2.24) is 19.8 Å². The molecule has 1 heterocycles. The van der Waals surface area contributed by atoms with E-state index in [1.807, 2.05) is 6.07 Å². The lowest BCUT2D eigenvalue weighted by Gasteiger charge is -2.11. The third kappa shape index (κ3) is 3.89. The van der Waals surface area contributed by atoms with Crippen LogP contribution in [0.15, 0.2) is 59.4 Å². The number of rotatable bonds is 6. The molecule has 0 radical (unpaired) electrons. The molecule has 3 rings (SSSR count). The molecular formula is C16H14F2N4O3. The topological polar surface area (TPSA) is 82.2 Å². The number of benzene rings is 2. The van der Waals surface area contributed by atoms with Gasteiger partial charge in [0.25, 0.3) is 0 Å². The maximum atomic E-state index is 12.3. The maximum absolute atomic E-state index is 12.3. The zero-order chi connectivity index (χ0) is 17.8. The number of alkyl halides is 2. The molecule has 1 N–H and O–H groups in total. The first-order chi connectivity index (χ1) is 12.0. The smallest absolute Gasteiger partial charge is 0.387 e. The number of aliphatic hydroxyl groups excluding tert-OH is 1. The molecule has 0 bridgehead atoms. The Morgan fingerprint density at radius 1 is 1.04 bits per heavy atom. The second-order valence-corrected chi connectivity index (χ2v) is 5.15. The van der Waals surface area contributed by atoms with Crippen molar-refractivity contribution in [2.24, 2.45) is 0 Å². The Morgan fingerprint density at radius 2 is 1.72 bits per heavy atom. The molecule has 130 valence electrons. The summed E-state index contributed by atoms with van der Waals surface area (Å²) in [4.78, 5) is 12.3. The lowest BCUT2D eigenvalue weighted by atomic mass is 10.1. The van der Waals surface area contributed by atoms with Crippen LogP contribution in [0.1, 0.15) is 11.7 Å². The Kier molecular flexibility index (Phi) is 4.85. The van der Waals surface area contributed by atoms with Crippen LogP contribution in [0, 0.1) is 0 Å². The first kappa shape index (κ1) is 16.8. The van der Waals surface area contributed by atoms with E-state index in [2.05, 4.69) is 15.2 Å². The minimum Gasteiger partial charge on any atom is -0.435 e. The summed E-state index contributed by atoms with van der Waals surface area (Å²) in [5.74, 6) is -0.0156. The van der Waals surface area contributed by atoms with Crippen molar-refractivity contribution in [2.45, 2.75) is 19.3 Å². The Bertz CT molecular complexity index is 878. The molecular weight excluding hydrogens is 334 g/mol. The van der Waals surface area contributed by atoms with Gasteiger partial charge in [-0.15, -0.1) is 0 Å². The molecule has 0 spiro atoms. The minimum atomic E-state index is -2.91. The summed E-state index contributed by atoms with van der Waals surface area (Å²) in [6.45, 7) is -3.04. The molecule has 1 aromatic heterocycles. The first-order valence-corrected chi connectivity index (χ1v) is 7.35. The molecule has 25 heavy (non-hydrogen) atoms. The van der Waals surface area contributed by atoms with Crippen LogP contribution in [-0.4, -0.2) is 31.5 Å². The molecule has 1 unspecified atom stereocenters. The second kappa shape index (κ2) is 7.22. The van der Waals surface area contributed by atoms with Gasteiger partial charge in [-0.1, -0.05) is 30.3 Å². The summed E-state index contributed by atoms with van der Waals surface area (Å²) in [5, 5.41) is 17.8. The van der Waals surface area contributed by atoms with E-state index in [1.54, 1.807) is 24.3 Å². The number of tetrazole rings is 1. The predicted molar refractivity (Wildman–Crippen MR) is 83.7 cm³/mol. The number of nitrogens with zero attached hydrogens (tertiary/aromatic N) is 4. The molecule has 0 fully saturated rings. The third-order valence-electron chi connectivity index (χ3n) is 3.48. The molecule has 2 aromatic carbocycles. The van der Waals surface area contributed by atoms with E-state index in [9.17, 15) is 18.7 Å². The summed E-state index contributed by atoms with van der Waals surface area (Å²) in [5.41, 5.74) is 0.493. The molecule has 0 aliphatic carbocycles. The van der Waals surface area contributed by atoms with E-state index in [-0.39, 0.29) is 12.3 Å². The van der Waals surface area contributed by atoms with Crippen molar-refractivity contribution in [3.05, 3.63) is 70.6 Å². The molecule has 0 aliphatic rings. The highest BCUT2D eigenvalue weighted by atomic mass is 19.3. The van der Waals surface area contributed by atoms with Crippen molar-refractivity contribution < 1.29 is 18.6 Å². The second-order valence-electron chi connectivity index (χ2n) is 5.15. The van der Waals surface area contributed by atoms with Gasteiger partial charge in [-0.2, -0.15) is 18.1 Å². The van der Waals surface area contributed by atoms with Gasteiger partial charge in [0, 0.05) is 0 Å². The van der Waals surface area contributed by atoms with Gasteiger partial charge in [-0.3, -0.25) is 0 Å². The molecule has 0 saturated heterocycles. The summed E-state index contributed by atoms with van der Waals surface area (Å²) in [6, 6.07) is 14.3. The number of hydrogen-bond acceptors (Lipinski definition) is 5. The van der Waals surface area contributed by atoms with Crippen LogP contribution in [-0.2, 0) is 6.54 Å². The largest absolute Gasteiger partial charge is 0.435 e. The zero-order valence-electron chi connectivity index (χ0n) is 12.9. The Labute approximate surface area is 140 Å². The Hall–Kier alpha value is -3.07. The quantitative estimate of drug-likeness (QED) is 0.734. The van der Waals surface area contributed by atoms with Gasteiger partial charge >= 0.3 is 12.3 Å². The number of aliphatic hydroxyl groups is 1. The highest BCUT2D eigenvalue weighted by Gasteiger charge is 2.15. The Morgan fingerprint density at radius 3 is 2.36 bits per heavy atom. The summed E-state index contributed by atoms with van der Waals surface area (Å²) < 4.78 is 30.6. The van der Waals surface area contributed by atoms with Crippen LogP contribution < -0.4 is 10.4 Å². The molecule has 7 nitrogen and oxygen atoms in total. The van der Waals surface area contributed by atoms with Gasteiger partial charge in [0.2, 0.25) is 0 Å². The zero-order valence-corrected chi connectivity index (χ0v) is 12.9. The van der Waals surface area contributed by atoms with Gasteiger partial charge < -0.3 is 9.84 Å². The van der Waals surface area contributed by atoms with Gasteiger partial charge in [0.05, 0.1) is 18.3 Å². The van der Waals surface area contributed by atoms with E-state index in [4.69, 9.17) is 0 Å². The standard InChI is InChI=1S/C16H14F2N4O3/c17-15(18)25-13-8-6-11(7-9-13)14(23)10-21-16(24)22(20-19-21)12-4-2-1-3-5-12/h1-9,14-15,23H,10H2. The van der Waals surface area contributed by atoms with Crippen LogP contribution in [0.4, 0.5) is 8.78 Å². The van der Waals surface area contributed by atoms with Crippen molar-refractivity contribution >= 4 is 0 Å². The predicted octanol–water partition coefficient (Wildman–Crippen LogP) is 1.76. The van der Waals surface area contributed by atoms with E-state index in [1.165, 1.54) is 24.3 Å². The summed E-state index contributed by atoms with van der Waals surface area (Å²) in [7, 11) is 0. The lowest BCUT2D eigenvalue weighted by molar-refractivity contribution is -0.0498. The fourth-order valence-electron chi connectivity index (χ4n) is 2.26. The van der Waals surface area contributed by atoms with Crippen molar-refractivity contribution in [3.63, 3.8) is 0 Å². The molecule has 1 atom stereocenters. The van der Waals surface area contributed by atoms with E-state index in [0.717, 1.165) is 9.36 Å². The molecule has 9 heteroatoms. The summed E-state index contributed by atoms with van der Waals surface area (Å²) in [6.07, 6.45) is -1.06. The summed E-state index contributed by atoms with van der Waals surface area (Å²) >= 11 is 0. The number of ether oxygens (including phenoxy) is 1. The van der Waals surface area contributed by atoms with E-state index in [0.29, 0.717) is 11.3 Å². The van der Waals surface area contributed by atoms with Crippen LogP contribution in [0.25, 0.3) is 5.69 Å². The van der Waals surface area contributed by atoms with Gasteiger partial charge in [-0.05, 0) is 40.3 Å². The van der Waals surface area contributed by atoms with Gasteiger partial charge in [0.15, 0.2) is 0 Å². The fourth-order valence-corrected chi connectivity index (χ4v) is 2.26. The first-order valence-electron chi connectivity index (χ1n) is 7.35. The van der Waals surface area contributed by atoms with Crippen LogP contribution in [0.3, 0.4) is 0 Å². The van der Waals surface area contributed by atoms with E-state index >= 15 is 0 Å². The minimum absolute atomic E-state index is 0.0156. The molecule has 0 amide bonds. The maximum Gasteiger partial charge on any atom is 0.387 e. The van der Waals surface area contributed by atoms with Crippen LogP contribution in [0.2, 0.25) is 0 Å². The SMILES string of the molecule is O=c1n(CC(O)c2ccc(OC(F)F)cc2)nnn1-c1ccccc1. The average molecular weight is 348 g/mol. The van der Waals surface area contributed by atoms with Crippen LogP contribution in [0.5, 0.6) is 5.75 Å². The highest BCUT2D eigenvalue weighted by molar-refractivity contribution is 5.29. The van der Waals surface area contributed by atoms with Gasteiger partial charge in [0.1, 0.15) is 5.75 Å². The average Bonchev–Trinajstić information content (AvgIpc) is 2.96. The van der Waals surface area contributed by atoms with Crippen LogP contribution >= 0.6 is 0 Å². The van der Waals surface area contributed by atoms with E-state index < -0.39 is 18.4 Å².